The summed E-state index contributed by atoms with van der Waals surface area (Å²) in [5, 5.41) is 0. The van der Waals surface area contributed by atoms with Crippen molar-refractivity contribution in [2.24, 2.45) is 5.92 Å². The Morgan fingerprint density at radius 3 is 2.37 bits per heavy atom. The summed E-state index contributed by atoms with van der Waals surface area (Å²) in [6, 6.07) is 6.63. The molecule has 19 heavy (non-hydrogen) atoms. The Bertz CT molecular complexity index is 527. The average molecular weight is 301 g/mol. The molecule has 0 heterocycles. The SMILES string of the molecule is C[C@H]1CCC[C@@H]1Oc1ccc(S(=O)(=O)N(C)P)cc1. The van der Waals surface area contributed by atoms with E-state index in [-0.39, 0.29) is 11.0 Å². The first kappa shape index (κ1) is 14.8. The molecular weight excluding hydrogens is 281 g/mol. The lowest BCUT2D eigenvalue weighted by Gasteiger charge is -2.18. The second-order valence-corrected chi connectivity index (χ2v) is 8.20. The van der Waals surface area contributed by atoms with Gasteiger partial charge in [0.1, 0.15) is 11.9 Å². The second-order valence-electron chi connectivity index (χ2n) is 5.06. The van der Waals surface area contributed by atoms with Crippen molar-refractivity contribution in [3.63, 3.8) is 0 Å². The van der Waals surface area contributed by atoms with Crippen LogP contribution in [0.2, 0.25) is 0 Å². The molecule has 1 aliphatic carbocycles. The number of hydrogen-bond donors (Lipinski definition) is 0. The van der Waals surface area contributed by atoms with E-state index < -0.39 is 10.0 Å². The van der Waals surface area contributed by atoms with Crippen LogP contribution < -0.4 is 4.74 Å². The van der Waals surface area contributed by atoms with Gasteiger partial charge in [0.25, 0.3) is 0 Å². The van der Waals surface area contributed by atoms with Gasteiger partial charge in [0.15, 0.2) is 0 Å². The maximum Gasteiger partial charge on any atom is 0.245 e. The number of nitrogens with zero attached hydrogens (tertiary/aromatic N) is 1. The number of ether oxygens (including phenoxy) is 1. The summed E-state index contributed by atoms with van der Waals surface area (Å²) in [6.45, 7) is 2.19. The van der Waals surface area contributed by atoms with Crippen LogP contribution in [0.4, 0.5) is 0 Å². The fourth-order valence-corrected chi connectivity index (χ4v) is 3.50. The number of rotatable bonds is 4. The van der Waals surface area contributed by atoms with Crippen LogP contribution >= 0.6 is 9.39 Å². The zero-order valence-corrected chi connectivity index (χ0v) is 13.2. The summed E-state index contributed by atoms with van der Waals surface area (Å²) in [5.41, 5.74) is 0. The Labute approximate surface area is 117 Å². The van der Waals surface area contributed by atoms with Gasteiger partial charge in [-0.25, -0.2) is 8.42 Å². The molecule has 0 aromatic heterocycles. The molecule has 4 nitrogen and oxygen atoms in total. The molecule has 2 rings (SSSR count). The second kappa shape index (κ2) is 5.78. The molecule has 0 N–H and O–H groups in total. The van der Waals surface area contributed by atoms with Crippen LogP contribution in [0.15, 0.2) is 29.2 Å². The van der Waals surface area contributed by atoms with E-state index in [9.17, 15) is 8.42 Å². The molecule has 0 spiro atoms. The van der Waals surface area contributed by atoms with E-state index in [1.807, 2.05) is 0 Å². The van der Waals surface area contributed by atoms with Gasteiger partial charge in [-0.3, -0.25) is 0 Å². The molecule has 1 aliphatic rings. The summed E-state index contributed by atoms with van der Waals surface area (Å²) >= 11 is 0. The maximum atomic E-state index is 11.9. The van der Waals surface area contributed by atoms with E-state index in [2.05, 4.69) is 16.3 Å². The van der Waals surface area contributed by atoms with Gasteiger partial charge in [-0.1, -0.05) is 6.92 Å². The van der Waals surface area contributed by atoms with Crippen LogP contribution in [0.3, 0.4) is 0 Å². The third-order valence-electron chi connectivity index (χ3n) is 3.57. The van der Waals surface area contributed by atoms with Crippen molar-refractivity contribution < 1.29 is 13.2 Å². The molecule has 1 aromatic rings. The lowest BCUT2D eigenvalue weighted by Crippen LogP contribution is -2.19. The summed E-state index contributed by atoms with van der Waals surface area (Å²) in [4.78, 5) is 0.275. The van der Waals surface area contributed by atoms with E-state index in [1.54, 1.807) is 24.3 Å². The lowest BCUT2D eigenvalue weighted by molar-refractivity contribution is 0.167. The van der Waals surface area contributed by atoms with Crippen molar-refractivity contribution in [3.05, 3.63) is 24.3 Å². The molecule has 1 fully saturated rings. The van der Waals surface area contributed by atoms with E-state index in [4.69, 9.17) is 4.74 Å². The van der Waals surface area contributed by atoms with Crippen LogP contribution in [0.1, 0.15) is 26.2 Å². The highest BCUT2D eigenvalue weighted by atomic mass is 32.2. The van der Waals surface area contributed by atoms with Crippen LogP contribution in [-0.4, -0.2) is 25.6 Å². The third-order valence-corrected chi connectivity index (χ3v) is 6.03. The first-order chi connectivity index (χ1) is 8.91. The Morgan fingerprint density at radius 2 is 1.89 bits per heavy atom. The van der Waals surface area contributed by atoms with Crippen LogP contribution in [0, 0.1) is 5.92 Å². The van der Waals surface area contributed by atoms with Crippen molar-refractivity contribution in [1.82, 2.24) is 4.08 Å². The zero-order valence-electron chi connectivity index (χ0n) is 11.2. The topological polar surface area (TPSA) is 46.6 Å². The van der Waals surface area contributed by atoms with E-state index in [0.29, 0.717) is 5.92 Å². The predicted octanol–water partition coefficient (Wildman–Crippen LogP) is 2.66. The Kier molecular flexibility index (Phi) is 4.49. The molecule has 0 amide bonds. The number of hydrogen-bond acceptors (Lipinski definition) is 3. The van der Waals surface area contributed by atoms with Gasteiger partial charge in [0.05, 0.1) is 4.90 Å². The molecule has 0 bridgehead atoms. The molecule has 106 valence electrons. The van der Waals surface area contributed by atoms with Gasteiger partial charge < -0.3 is 4.74 Å². The molecule has 0 saturated heterocycles. The van der Waals surface area contributed by atoms with Crippen molar-refractivity contribution >= 4 is 19.4 Å². The largest absolute Gasteiger partial charge is 0.490 e. The lowest BCUT2D eigenvalue weighted by atomic mass is 10.1. The molecule has 1 aromatic carbocycles. The molecular formula is C13H20NO3PS. The predicted molar refractivity (Wildman–Crippen MR) is 78.5 cm³/mol. The number of benzene rings is 1. The molecule has 1 unspecified atom stereocenters. The van der Waals surface area contributed by atoms with Gasteiger partial charge >= 0.3 is 0 Å². The summed E-state index contributed by atoms with van der Waals surface area (Å²) in [5.74, 6) is 1.31. The van der Waals surface area contributed by atoms with Gasteiger partial charge in [-0.05, 0) is 58.8 Å². The maximum absolute atomic E-state index is 11.9. The quantitative estimate of drug-likeness (QED) is 0.803. The minimum absolute atomic E-state index is 0.256. The van der Waals surface area contributed by atoms with E-state index in [0.717, 1.165) is 16.2 Å². The van der Waals surface area contributed by atoms with E-state index >= 15 is 0 Å². The smallest absolute Gasteiger partial charge is 0.245 e. The van der Waals surface area contributed by atoms with Gasteiger partial charge in [-0.15, -0.1) is 0 Å². The van der Waals surface area contributed by atoms with E-state index in [1.165, 1.54) is 19.9 Å². The third kappa shape index (κ3) is 3.28. The molecule has 6 heteroatoms. The first-order valence-electron chi connectivity index (χ1n) is 6.41. The fourth-order valence-electron chi connectivity index (χ4n) is 2.32. The summed E-state index contributed by atoms with van der Waals surface area (Å²) < 4.78 is 30.8. The average Bonchev–Trinajstić information content (AvgIpc) is 2.75. The van der Waals surface area contributed by atoms with Gasteiger partial charge in [0.2, 0.25) is 10.0 Å². The molecule has 3 atom stereocenters. The Morgan fingerprint density at radius 1 is 1.26 bits per heavy atom. The van der Waals surface area contributed by atoms with Crippen molar-refractivity contribution in [2.45, 2.75) is 37.2 Å². The standard InChI is InChI=1S/C13H20NO3PS/c1-10-4-3-5-13(10)17-11-6-8-12(9-7-11)19(15,16)14(2)18/h6-10,13H,3-5,18H2,1-2H3/t10-,13-/m0/s1. The van der Waals surface area contributed by atoms with Crippen LogP contribution in [0.25, 0.3) is 0 Å². The van der Waals surface area contributed by atoms with Crippen molar-refractivity contribution in [1.29, 1.82) is 0 Å². The van der Waals surface area contributed by atoms with Gasteiger partial charge in [-0.2, -0.15) is 4.08 Å². The minimum Gasteiger partial charge on any atom is -0.490 e. The Balaban J connectivity index is 2.11. The summed E-state index contributed by atoms with van der Waals surface area (Å²) in [7, 11) is 0.257. The molecule has 0 aliphatic heterocycles. The molecule has 1 saturated carbocycles. The first-order valence-corrected chi connectivity index (χ1v) is 8.37. The van der Waals surface area contributed by atoms with Crippen molar-refractivity contribution in [3.8, 4) is 5.75 Å². The van der Waals surface area contributed by atoms with Crippen LogP contribution in [0.5, 0.6) is 5.75 Å². The highest BCUT2D eigenvalue weighted by Crippen LogP contribution is 2.30. The summed E-state index contributed by atoms with van der Waals surface area (Å²) in [6.07, 6.45) is 3.74. The normalized spacial score (nSPS) is 23.8. The fraction of sp³-hybridized carbons (Fsp3) is 0.538. The number of sulfonamides is 1. The monoisotopic (exact) mass is 301 g/mol. The van der Waals surface area contributed by atoms with Crippen molar-refractivity contribution in [2.75, 3.05) is 7.05 Å². The van der Waals surface area contributed by atoms with Gasteiger partial charge in [0, 0.05) is 7.05 Å². The minimum atomic E-state index is -3.39. The Hall–Kier alpha value is -0.640. The zero-order chi connectivity index (χ0) is 14.0. The highest BCUT2D eigenvalue weighted by Gasteiger charge is 2.25. The molecule has 0 radical (unpaired) electrons. The van der Waals surface area contributed by atoms with Crippen LogP contribution in [-0.2, 0) is 10.0 Å². The highest BCUT2D eigenvalue weighted by molar-refractivity contribution is 7.91.